The van der Waals surface area contributed by atoms with Gasteiger partial charge in [0.1, 0.15) is 0 Å². The van der Waals surface area contributed by atoms with E-state index in [1.807, 2.05) is 24.6 Å². The van der Waals surface area contributed by atoms with Crippen molar-refractivity contribution in [2.45, 2.75) is 19.8 Å². The van der Waals surface area contributed by atoms with Gasteiger partial charge >= 0.3 is 0 Å². The first kappa shape index (κ1) is 11.0. The molecule has 84 valence electrons. The van der Waals surface area contributed by atoms with Crippen LogP contribution < -0.4 is 5.32 Å². The van der Waals surface area contributed by atoms with Gasteiger partial charge in [-0.3, -0.25) is 0 Å². The van der Waals surface area contributed by atoms with Crippen molar-refractivity contribution in [3.8, 4) is 0 Å². The van der Waals surface area contributed by atoms with Crippen molar-refractivity contribution in [2.24, 2.45) is 0 Å². The van der Waals surface area contributed by atoms with Crippen molar-refractivity contribution in [1.82, 2.24) is 15.0 Å². The van der Waals surface area contributed by atoms with Crippen LogP contribution in [-0.4, -0.2) is 21.5 Å². The van der Waals surface area contributed by atoms with Crippen LogP contribution in [0.4, 0.5) is 5.95 Å². The third-order valence-electron chi connectivity index (χ3n) is 2.23. The van der Waals surface area contributed by atoms with Crippen LogP contribution in [0.25, 0.3) is 0 Å². The first-order chi connectivity index (χ1) is 7.75. The minimum atomic E-state index is 0.379. The smallest absolute Gasteiger partial charge is 0.222 e. The Bertz CT molecular complexity index is 441. The molecular formula is C11H14N4S. The average Bonchev–Trinajstić information content (AvgIpc) is 2.79. The number of hydrogen-bond donors (Lipinski definition) is 1. The molecule has 0 bridgehead atoms. The maximum atomic E-state index is 4.29. The van der Waals surface area contributed by atoms with Crippen LogP contribution in [0.1, 0.15) is 23.5 Å². The number of aromatic nitrogens is 3. The van der Waals surface area contributed by atoms with E-state index in [2.05, 4.69) is 27.2 Å². The van der Waals surface area contributed by atoms with Gasteiger partial charge in [-0.05, 0) is 13.0 Å². The summed E-state index contributed by atoms with van der Waals surface area (Å²) in [7, 11) is 0. The van der Waals surface area contributed by atoms with Crippen molar-refractivity contribution in [3.05, 3.63) is 34.5 Å². The number of thiazole rings is 1. The Morgan fingerprint density at radius 1 is 1.38 bits per heavy atom. The lowest BCUT2D eigenvalue weighted by Gasteiger charge is -2.09. The second-order valence-corrected chi connectivity index (χ2v) is 4.60. The van der Waals surface area contributed by atoms with Crippen LogP contribution in [0.5, 0.6) is 0 Å². The zero-order chi connectivity index (χ0) is 11.4. The van der Waals surface area contributed by atoms with E-state index in [-0.39, 0.29) is 0 Å². The third kappa shape index (κ3) is 2.76. The SMILES string of the molecule is Cc1ccnc(NCC(C)c2nccs2)n1. The fourth-order valence-corrected chi connectivity index (χ4v) is 2.04. The average molecular weight is 234 g/mol. The zero-order valence-electron chi connectivity index (χ0n) is 9.34. The van der Waals surface area contributed by atoms with Gasteiger partial charge in [-0.25, -0.2) is 15.0 Å². The number of aryl methyl sites for hydroxylation is 1. The van der Waals surface area contributed by atoms with Crippen molar-refractivity contribution in [1.29, 1.82) is 0 Å². The zero-order valence-corrected chi connectivity index (χ0v) is 10.2. The van der Waals surface area contributed by atoms with E-state index < -0.39 is 0 Å². The first-order valence-corrected chi connectivity index (χ1v) is 6.06. The molecule has 2 aromatic heterocycles. The Morgan fingerprint density at radius 2 is 2.25 bits per heavy atom. The van der Waals surface area contributed by atoms with E-state index in [9.17, 15) is 0 Å². The topological polar surface area (TPSA) is 50.7 Å². The second kappa shape index (κ2) is 5.03. The fourth-order valence-electron chi connectivity index (χ4n) is 1.34. The molecule has 2 heterocycles. The van der Waals surface area contributed by atoms with Gasteiger partial charge in [0.15, 0.2) is 0 Å². The summed E-state index contributed by atoms with van der Waals surface area (Å²) in [6.07, 6.45) is 3.60. The molecule has 1 atom stereocenters. The molecule has 0 saturated carbocycles. The molecule has 5 heteroatoms. The van der Waals surface area contributed by atoms with E-state index in [1.165, 1.54) is 0 Å². The van der Waals surface area contributed by atoms with Crippen LogP contribution in [0.3, 0.4) is 0 Å². The van der Waals surface area contributed by atoms with Crippen LogP contribution in [0.2, 0.25) is 0 Å². The fraction of sp³-hybridized carbons (Fsp3) is 0.364. The molecule has 1 unspecified atom stereocenters. The summed E-state index contributed by atoms with van der Waals surface area (Å²) in [5.74, 6) is 1.06. The summed E-state index contributed by atoms with van der Waals surface area (Å²) in [6.45, 7) is 4.90. The van der Waals surface area contributed by atoms with Crippen molar-refractivity contribution in [3.63, 3.8) is 0 Å². The summed E-state index contributed by atoms with van der Waals surface area (Å²) in [5.41, 5.74) is 0.972. The highest BCUT2D eigenvalue weighted by Crippen LogP contribution is 2.17. The summed E-state index contributed by atoms with van der Waals surface area (Å²) in [5, 5.41) is 6.35. The number of rotatable bonds is 4. The number of hydrogen-bond acceptors (Lipinski definition) is 5. The summed E-state index contributed by atoms with van der Waals surface area (Å²) < 4.78 is 0. The predicted molar refractivity (Wildman–Crippen MR) is 65.8 cm³/mol. The summed E-state index contributed by atoms with van der Waals surface area (Å²) in [4.78, 5) is 12.7. The first-order valence-electron chi connectivity index (χ1n) is 5.18. The van der Waals surface area contributed by atoms with Gasteiger partial charge in [-0.2, -0.15) is 0 Å². The van der Waals surface area contributed by atoms with Gasteiger partial charge in [-0.15, -0.1) is 11.3 Å². The summed E-state index contributed by atoms with van der Waals surface area (Å²) in [6, 6.07) is 1.88. The maximum absolute atomic E-state index is 4.29. The third-order valence-corrected chi connectivity index (χ3v) is 3.24. The molecule has 4 nitrogen and oxygen atoms in total. The molecule has 1 N–H and O–H groups in total. The highest BCUT2D eigenvalue weighted by molar-refractivity contribution is 7.09. The maximum Gasteiger partial charge on any atom is 0.222 e. The molecule has 0 amide bonds. The lowest BCUT2D eigenvalue weighted by atomic mass is 10.2. The molecular weight excluding hydrogens is 220 g/mol. The normalized spacial score (nSPS) is 12.4. The predicted octanol–water partition coefficient (Wildman–Crippen LogP) is 2.46. The standard InChI is InChI=1S/C11H14N4S/c1-8(10-12-5-6-16-10)7-14-11-13-4-3-9(2)15-11/h3-6,8H,7H2,1-2H3,(H,13,14,15). The largest absolute Gasteiger partial charge is 0.354 e. The van der Waals surface area contributed by atoms with Gasteiger partial charge in [0.05, 0.1) is 5.01 Å². The van der Waals surface area contributed by atoms with E-state index in [1.54, 1.807) is 17.5 Å². The Balaban J connectivity index is 1.92. The van der Waals surface area contributed by atoms with Gasteiger partial charge in [-0.1, -0.05) is 6.92 Å². The molecule has 0 radical (unpaired) electrons. The minimum absolute atomic E-state index is 0.379. The van der Waals surface area contributed by atoms with E-state index >= 15 is 0 Å². The molecule has 2 aromatic rings. The molecule has 0 aliphatic carbocycles. The number of anilines is 1. The molecule has 0 fully saturated rings. The monoisotopic (exact) mass is 234 g/mol. The Hall–Kier alpha value is -1.49. The quantitative estimate of drug-likeness (QED) is 0.883. The molecule has 16 heavy (non-hydrogen) atoms. The lowest BCUT2D eigenvalue weighted by Crippen LogP contribution is -2.11. The summed E-state index contributed by atoms with van der Waals surface area (Å²) >= 11 is 1.68. The Kier molecular flexibility index (Phi) is 3.46. The number of nitrogens with zero attached hydrogens (tertiary/aromatic N) is 3. The molecule has 0 aromatic carbocycles. The van der Waals surface area contributed by atoms with Crippen LogP contribution in [-0.2, 0) is 0 Å². The minimum Gasteiger partial charge on any atom is -0.354 e. The van der Waals surface area contributed by atoms with Crippen molar-refractivity contribution >= 4 is 17.3 Å². The van der Waals surface area contributed by atoms with Gasteiger partial charge in [0.2, 0.25) is 5.95 Å². The highest BCUT2D eigenvalue weighted by atomic mass is 32.1. The van der Waals surface area contributed by atoms with Gasteiger partial charge < -0.3 is 5.32 Å². The lowest BCUT2D eigenvalue weighted by molar-refractivity contribution is 0.787. The van der Waals surface area contributed by atoms with Crippen LogP contribution in [0.15, 0.2) is 23.8 Å². The van der Waals surface area contributed by atoms with E-state index in [4.69, 9.17) is 0 Å². The van der Waals surface area contributed by atoms with Crippen LogP contribution >= 0.6 is 11.3 Å². The van der Waals surface area contributed by atoms with Crippen molar-refractivity contribution in [2.75, 3.05) is 11.9 Å². The highest BCUT2D eigenvalue weighted by Gasteiger charge is 2.08. The molecule has 0 saturated heterocycles. The Labute approximate surface area is 98.8 Å². The Morgan fingerprint density at radius 3 is 2.94 bits per heavy atom. The van der Waals surface area contributed by atoms with E-state index in [0.717, 1.165) is 17.2 Å². The molecule has 0 aliphatic heterocycles. The van der Waals surface area contributed by atoms with Gasteiger partial charge in [0, 0.05) is 35.9 Å². The van der Waals surface area contributed by atoms with E-state index in [0.29, 0.717) is 11.9 Å². The second-order valence-electron chi connectivity index (χ2n) is 3.67. The molecule has 2 rings (SSSR count). The van der Waals surface area contributed by atoms with Crippen molar-refractivity contribution < 1.29 is 0 Å². The molecule has 0 aliphatic rings. The molecule has 0 spiro atoms. The number of nitrogens with one attached hydrogen (secondary N) is 1. The van der Waals surface area contributed by atoms with Crippen LogP contribution in [0, 0.1) is 6.92 Å². The van der Waals surface area contributed by atoms with Gasteiger partial charge in [0.25, 0.3) is 0 Å².